The van der Waals surface area contributed by atoms with E-state index in [1.165, 1.54) is 89.9 Å². The first-order valence-electron chi connectivity index (χ1n) is 19.4. The predicted molar refractivity (Wildman–Crippen MR) is 209 cm³/mol. The number of aromatic amines is 2. The van der Waals surface area contributed by atoms with E-state index in [0.717, 1.165) is 82.6 Å². The molecule has 5 rings (SSSR count). The van der Waals surface area contributed by atoms with Crippen molar-refractivity contribution >= 4 is 0 Å². The third kappa shape index (κ3) is 11.9. The Morgan fingerprint density at radius 3 is 1.20 bits per heavy atom. The van der Waals surface area contributed by atoms with Gasteiger partial charge in [0.25, 0.3) is 0 Å². The SMILES string of the molecule is CCCCCCCCCCOc1ccc(-c2cc(-c3cccc(-c4cc(-c5ccc(OCCCCCCCCCC)cc5)[nH]n4)c3)n[nH]2)cc1. The van der Waals surface area contributed by atoms with Gasteiger partial charge in [0.15, 0.2) is 0 Å². The smallest absolute Gasteiger partial charge is 0.119 e. The number of nitrogens with one attached hydrogen (secondary N) is 2. The van der Waals surface area contributed by atoms with Crippen LogP contribution in [0.2, 0.25) is 0 Å². The van der Waals surface area contributed by atoms with Crippen molar-refractivity contribution in [1.29, 1.82) is 0 Å². The number of H-pyrrole nitrogens is 2. The highest BCUT2D eigenvalue weighted by Crippen LogP contribution is 2.30. The maximum Gasteiger partial charge on any atom is 0.119 e. The summed E-state index contributed by atoms with van der Waals surface area (Å²) < 4.78 is 12.0. The number of nitrogens with zero attached hydrogens (tertiary/aromatic N) is 2. The van der Waals surface area contributed by atoms with E-state index in [2.05, 4.69) is 119 Å². The molecule has 0 bridgehead atoms. The first-order chi connectivity index (χ1) is 24.7. The molecule has 0 spiro atoms. The second kappa shape index (κ2) is 21.0. The van der Waals surface area contributed by atoms with Crippen molar-refractivity contribution in [2.24, 2.45) is 0 Å². The quantitative estimate of drug-likeness (QED) is 0.0639. The Hall–Kier alpha value is -4.32. The van der Waals surface area contributed by atoms with E-state index in [4.69, 9.17) is 9.47 Å². The Balaban J connectivity index is 1.08. The average Bonchev–Trinajstić information content (AvgIpc) is 3.86. The molecule has 0 fully saturated rings. The lowest BCUT2D eigenvalue weighted by molar-refractivity contribution is 0.304. The number of benzene rings is 3. The Labute approximate surface area is 300 Å². The minimum absolute atomic E-state index is 0.775. The average molecular weight is 675 g/mol. The maximum absolute atomic E-state index is 6.00. The van der Waals surface area contributed by atoms with Crippen LogP contribution in [0.5, 0.6) is 11.5 Å². The molecule has 2 heterocycles. The van der Waals surface area contributed by atoms with Crippen molar-refractivity contribution in [1.82, 2.24) is 20.4 Å². The van der Waals surface area contributed by atoms with Gasteiger partial charge in [-0.3, -0.25) is 10.2 Å². The summed E-state index contributed by atoms with van der Waals surface area (Å²) >= 11 is 0. The van der Waals surface area contributed by atoms with Gasteiger partial charge in [-0.25, -0.2) is 0 Å². The van der Waals surface area contributed by atoms with Gasteiger partial charge in [0.2, 0.25) is 0 Å². The van der Waals surface area contributed by atoms with Crippen molar-refractivity contribution in [3.63, 3.8) is 0 Å². The monoisotopic (exact) mass is 674 g/mol. The van der Waals surface area contributed by atoms with Crippen LogP contribution >= 0.6 is 0 Å². The van der Waals surface area contributed by atoms with E-state index in [1.54, 1.807) is 0 Å². The number of rotatable bonds is 24. The van der Waals surface area contributed by atoms with Crippen molar-refractivity contribution in [3.05, 3.63) is 84.9 Å². The molecular weight excluding hydrogens is 617 g/mol. The van der Waals surface area contributed by atoms with Gasteiger partial charge in [-0.2, -0.15) is 10.2 Å². The van der Waals surface area contributed by atoms with Crippen molar-refractivity contribution < 1.29 is 9.47 Å². The van der Waals surface area contributed by atoms with E-state index >= 15 is 0 Å². The number of unbranched alkanes of at least 4 members (excludes halogenated alkanes) is 14. The van der Waals surface area contributed by atoms with Gasteiger partial charge in [0, 0.05) is 11.1 Å². The first-order valence-corrected chi connectivity index (χ1v) is 19.4. The van der Waals surface area contributed by atoms with Gasteiger partial charge in [-0.05, 0) is 90.7 Å². The summed E-state index contributed by atoms with van der Waals surface area (Å²) in [6, 6.07) is 29.2. The minimum Gasteiger partial charge on any atom is -0.494 e. The first kappa shape index (κ1) is 36.9. The predicted octanol–water partition coefficient (Wildman–Crippen LogP) is 12.8. The molecular formula is C44H58N4O2. The van der Waals surface area contributed by atoms with Crippen LogP contribution in [0.4, 0.5) is 0 Å². The zero-order chi connectivity index (χ0) is 34.6. The molecule has 266 valence electrons. The van der Waals surface area contributed by atoms with Crippen LogP contribution in [-0.2, 0) is 0 Å². The van der Waals surface area contributed by atoms with Gasteiger partial charge >= 0.3 is 0 Å². The molecule has 6 heteroatoms. The highest BCUT2D eigenvalue weighted by atomic mass is 16.5. The number of hydrogen-bond acceptors (Lipinski definition) is 4. The van der Waals surface area contributed by atoms with Crippen LogP contribution in [0.3, 0.4) is 0 Å². The summed E-state index contributed by atoms with van der Waals surface area (Å²) in [5.41, 5.74) is 8.00. The number of hydrogen-bond donors (Lipinski definition) is 2. The van der Waals surface area contributed by atoms with Crippen LogP contribution in [0.15, 0.2) is 84.9 Å². The molecule has 0 radical (unpaired) electrons. The molecule has 5 aromatic rings. The molecule has 0 saturated heterocycles. The molecule has 0 aliphatic carbocycles. The Kier molecular flexibility index (Phi) is 15.5. The summed E-state index contributed by atoms with van der Waals surface area (Å²) in [6.07, 6.45) is 20.9. The van der Waals surface area contributed by atoms with E-state index in [1.807, 2.05) is 0 Å². The summed E-state index contributed by atoms with van der Waals surface area (Å²) in [7, 11) is 0. The van der Waals surface area contributed by atoms with E-state index in [-0.39, 0.29) is 0 Å². The molecule has 0 aliphatic rings. The Morgan fingerprint density at radius 1 is 0.420 bits per heavy atom. The van der Waals surface area contributed by atoms with Crippen LogP contribution in [0.1, 0.15) is 117 Å². The molecule has 0 unspecified atom stereocenters. The minimum atomic E-state index is 0.775. The van der Waals surface area contributed by atoms with Gasteiger partial charge in [0.05, 0.1) is 36.0 Å². The van der Waals surface area contributed by atoms with Gasteiger partial charge in [-0.1, -0.05) is 122 Å². The van der Waals surface area contributed by atoms with E-state index in [9.17, 15) is 0 Å². The fraction of sp³-hybridized carbons (Fsp3) is 0.455. The second-order valence-corrected chi connectivity index (χ2v) is 13.6. The lowest BCUT2D eigenvalue weighted by atomic mass is 10.0. The fourth-order valence-corrected chi connectivity index (χ4v) is 6.39. The maximum atomic E-state index is 6.00. The highest BCUT2D eigenvalue weighted by molar-refractivity contribution is 5.74. The van der Waals surface area contributed by atoms with Crippen molar-refractivity contribution in [3.8, 4) is 56.5 Å². The van der Waals surface area contributed by atoms with E-state index < -0.39 is 0 Å². The van der Waals surface area contributed by atoms with E-state index in [0.29, 0.717) is 0 Å². The topological polar surface area (TPSA) is 75.8 Å². The summed E-state index contributed by atoms with van der Waals surface area (Å²) in [5.74, 6) is 1.83. The number of aromatic nitrogens is 4. The standard InChI is InChI=1S/C44H58N4O2/c1-3-5-7-9-11-13-15-17-30-49-39-26-22-35(23-27-39)41-33-43(47-45-41)37-20-19-21-38(32-37)44-34-42(46-48-44)36-24-28-40(29-25-36)50-31-18-16-14-12-10-8-6-4-2/h19-29,32-34H,3-18,30-31H2,1-2H3,(H,45,47)(H,46,48). The number of ether oxygens (including phenoxy) is 2. The molecule has 0 aliphatic heterocycles. The van der Waals surface area contributed by atoms with Crippen LogP contribution in [0, 0.1) is 0 Å². The molecule has 2 aromatic heterocycles. The van der Waals surface area contributed by atoms with Crippen molar-refractivity contribution in [2.45, 2.75) is 117 Å². The van der Waals surface area contributed by atoms with Gasteiger partial charge in [-0.15, -0.1) is 0 Å². The van der Waals surface area contributed by atoms with Crippen LogP contribution < -0.4 is 9.47 Å². The van der Waals surface area contributed by atoms with Crippen molar-refractivity contribution in [2.75, 3.05) is 13.2 Å². The zero-order valence-corrected chi connectivity index (χ0v) is 30.5. The molecule has 0 saturated carbocycles. The normalized spacial score (nSPS) is 11.2. The van der Waals surface area contributed by atoms with Gasteiger partial charge in [0.1, 0.15) is 11.5 Å². The largest absolute Gasteiger partial charge is 0.494 e. The summed E-state index contributed by atoms with van der Waals surface area (Å²) in [5, 5.41) is 15.7. The summed E-state index contributed by atoms with van der Waals surface area (Å²) in [4.78, 5) is 0. The summed E-state index contributed by atoms with van der Waals surface area (Å²) in [6.45, 7) is 6.08. The zero-order valence-electron chi connectivity index (χ0n) is 30.5. The molecule has 50 heavy (non-hydrogen) atoms. The molecule has 6 nitrogen and oxygen atoms in total. The molecule has 0 atom stereocenters. The molecule has 0 amide bonds. The lowest BCUT2D eigenvalue weighted by Crippen LogP contribution is -1.97. The third-order valence-electron chi connectivity index (χ3n) is 9.47. The fourth-order valence-electron chi connectivity index (χ4n) is 6.39. The van der Waals surface area contributed by atoms with Crippen LogP contribution in [0.25, 0.3) is 45.0 Å². The molecule has 3 aromatic carbocycles. The lowest BCUT2D eigenvalue weighted by Gasteiger charge is -2.07. The second-order valence-electron chi connectivity index (χ2n) is 13.6. The van der Waals surface area contributed by atoms with Gasteiger partial charge < -0.3 is 9.47 Å². The third-order valence-corrected chi connectivity index (χ3v) is 9.47. The highest BCUT2D eigenvalue weighted by Gasteiger charge is 2.11. The van der Waals surface area contributed by atoms with Crippen LogP contribution in [-0.4, -0.2) is 33.6 Å². The Morgan fingerprint density at radius 2 is 0.800 bits per heavy atom. The molecule has 2 N–H and O–H groups in total. The Bertz CT molecular complexity index is 1520.